The van der Waals surface area contributed by atoms with Crippen LogP contribution in [0.15, 0.2) is 54.0 Å². The molecule has 0 spiro atoms. The summed E-state index contributed by atoms with van der Waals surface area (Å²) in [6.07, 6.45) is 4.51. The van der Waals surface area contributed by atoms with Crippen LogP contribution in [0.2, 0.25) is 0 Å². The lowest BCUT2D eigenvalue weighted by molar-refractivity contribution is -0.147. The average Bonchev–Trinajstić information content (AvgIpc) is 2.66. The number of ether oxygens (including phenoxy) is 2. The molecule has 0 N–H and O–H groups in total. The first-order valence-electron chi connectivity index (χ1n) is 8.85. The Labute approximate surface area is 165 Å². The van der Waals surface area contributed by atoms with Crippen molar-refractivity contribution >= 4 is 22.0 Å². The van der Waals surface area contributed by atoms with E-state index < -0.39 is 40.1 Å². The van der Waals surface area contributed by atoms with Crippen LogP contribution in [-0.4, -0.2) is 50.0 Å². The first kappa shape index (κ1) is 21.8. The Balaban J connectivity index is 2.47. The highest BCUT2D eigenvalue weighted by Gasteiger charge is 2.42. The molecule has 8 heteroatoms. The van der Waals surface area contributed by atoms with E-state index in [2.05, 4.69) is 6.58 Å². The molecule has 1 aromatic rings. The Morgan fingerprint density at radius 3 is 2.50 bits per heavy atom. The molecule has 1 aliphatic heterocycles. The fourth-order valence-corrected chi connectivity index (χ4v) is 4.87. The molecular formula is C20H25NO6S. The topological polar surface area (TPSA) is 90.0 Å². The van der Waals surface area contributed by atoms with Crippen LogP contribution in [-0.2, 0) is 29.1 Å². The third-order valence-electron chi connectivity index (χ3n) is 4.48. The molecule has 1 aromatic carbocycles. The first-order valence-corrected chi connectivity index (χ1v) is 10.3. The van der Waals surface area contributed by atoms with Gasteiger partial charge in [0, 0.05) is 19.4 Å². The predicted molar refractivity (Wildman–Crippen MR) is 104 cm³/mol. The Morgan fingerprint density at radius 1 is 1.32 bits per heavy atom. The lowest BCUT2D eigenvalue weighted by Crippen LogP contribution is -2.52. The van der Waals surface area contributed by atoms with Crippen LogP contribution in [0.25, 0.3) is 0 Å². The Bertz CT molecular complexity index is 859. The normalized spacial score (nSPS) is 21.0. The van der Waals surface area contributed by atoms with Crippen molar-refractivity contribution in [2.75, 3.05) is 7.11 Å². The number of hydrogen-bond acceptors (Lipinski definition) is 6. The second kappa shape index (κ2) is 9.16. The predicted octanol–water partition coefficient (Wildman–Crippen LogP) is 2.36. The van der Waals surface area contributed by atoms with Gasteiger partial charge in [0.15, 0.2) is 0 Å². The van der Waals surface area contributed by atoms with Gasteiger partial charge in [-0.05, 0) is 25.5 Å². The number of esters is 2. The Hall–Kier alpha value is -2.45. The highest BCUT2D eigenvalue weighted by molar-refractivity contribution is 7.89. The van der Waals surface area contributed by atoms with E-state index in [4.69, 9.17) is 9.47 Å². The van der Waals surface area contributed by atoms with Gasteiger partial charge in [0.05, 0.1) is 12.0 Å². The summed E-state index contributed by atoms with van der Waals surface area (Å²) in [7, 11) is -2.79. The minimum absolute atomic E-state index is 0.0787. The van der Waals surface area contributed by atoms with E-state index in [-0.39, 0.29) is 17.7 Å². The summed E-state index contributed by atoms with van der Waals surface area (Å²) in [5, 5.41) is 0. The third-order valence-corrected chi connectivity index (χ3v) is 6.42. The number of aryl methyl sites for hydroxylation is 1. The van der Waals surface area contributed by atoms with E-state index in [1.807, 2.05) is 6.92 Å². The van der Waals surface area contributed by atoms with Crippen molar-refractivity contribution in [2.45, 2.75) is 49.8 Å². The summed E-state index contributed by atoms with van der Waals surface area (Å²) in [4.78, 5) is 23.7. The Kier molecular flexibility index (Phi) is 7.15. The molecule has 0 saturated heterocycles. The zero-order valence-electron chi connectivity index (χ0n) is 16.2. The van der Waals surface area contributed by atoms with Crippen LogP contribution in [0.4, 0.5) is 0 Å². The zero-order chi connectivity index (χ0) is 20.9. The largest absolute Gasteiger partial charge is 0.468 e. The van der Waals surface area contributed by atoms with Gasteiger partial charge in [0.1, 0.15) is 12.1 Å². The third kappa shape index (κ3) is 4.88. The standard InChI is InChI=1S/C20H25NO6S/c1-5-17(27-15(3)22)13-16-7-6-8-19(20(23)26-4)21(16)28(24,25)18-11-9-14(2)10-12-18/h5-7,9-12,16-17,19H,1,8,13H2,2-4H3/t16-,17-,19-/m0/s1. The van der Waals surface area contributed by atoms with Crippen LogP contribution in [0.3, 0.4) is 0 Å². The van der Waals surface area contributed by atoms with Crippen molar-refractivity contribution in [1.82, 2.24) is 4.31 Å². The molecule has 0 unspecified atom stereocenters. The molecule has 0 radical (unpaired) electrons. The summed E-state index contributed by atoms with van der Waals surface area (Å²) in [5.41, 5.74) is 0.917. The van der Waals surface area contributed by atoms with Crippen molar-refractivity contribution < 1.29 is 27.5 Å². The van der Waals surface area contributed by atoms with E-state index in [1.165, 1.54) is 32.2 Å². The van der Waals surface area contributed by atoms with E-state index in [1.54, 1.807) is 24.3 Å². The van der Waals surface area contributed by atoms with Gasteiger partial charge in [-0.25, -0.2) is 8.42 Å². The van der Waals surface area contributed by atoms with Gasteiger partial charge >= 0.3 is 11.9 Å². The van der Waals surface area contributed by atoms with Gasteiger partial charge in [-0.1, -0.05) is 42.5 Å². The molecule has 1 aliphatic rings. The Morgan fingerprint density at radius 2 is 1.96 bits per heavy atom. The van der Waals surface area contributed by atoms with Gasteiger partial charge in [-0.15, -0.1) is 0 Å². The van der Waals surface area contributed by atoms with Crippen LogP contribution in [0.5, 0.6) is 0 Å². The summed E-state index contributed by atoms with van der Waals surface area (Å²) >= 11 is 0. The highest BCUT2D eigenvalue weighted by atomic mass is 32.2. The van der Waals surface area contributed by atoms with Gasteiger partial charge in [0.2, 0.25) is 10.0 Å². The summed E-state index contributed by atoms with van der Waals surface area (Å²) in [6, 6.07) is 4.69. The number of nitrogens with zero attached hydrogens (tertiary/aromatic N) is 1. The molecule has 0 fully saturated rings. The summed E-state index contributed by atoms with van der Waals surface area (Å²) in [6.45, 7) is 6.77. The molecular weight excluding hydrogens is 382 g/mol. The molecule has 0 aromatic heterocycles. The molecule has 2 rings (SSSR count). The maximum atomic E-state index is 13.4. The number of carbonyl (C=O) groups is 2. The van der Waals surface area contributed by atoms with Crippen molar-refractivity contribution in [3.8, 4) is 0 Å². The molecule has 7 nitrogen and oxygen atoms in total. The van der Waals surface area contributed by atoms with Crippen molar-refractivity contribution in [3.05, 3.63) is 54.6 Å². The first-order chi connectivity index (χ1) is 13.2. The molecule has 0 bridgehead atoms. The number of benzene rings is 1. The van der Waals surface area contributed by atoms with E-state index in [0.717, 1.165) is 9.87 Å². The second-order valence-electron chi connectivity index (χ2n) is 6.54. The van der Waals surface area contributed by atoms with Crippen LogP contribution in [0.1, 0.15) is 25.3 Å². The van der Waals surface area contributed by atoms with Crippen LogP contribution < -0.4 is 0 Å². The van der Waals surface area contributed by atoms with E-state index in [9.17, 15) is 18.0 Å². The molecule has 0 aliphatic carbocycles. The minimum Gasteiger partial charge on any atom is -0.468 e. The summed E-state index contributed by atoms with van der Waals surface area (Å²) in [5.74, 6) is -1.14. The monoisotopic (exact) mass is 407 g/mol. The van der Waals surface area contributed by atoms with Gasteiger partial charge < -0.3 is 9.47 Å². The van der Waals surface area contributed by atoms with Gasteiger partial charge in [-0.3, -0.25) is 9.59 Å². The van der Waals surface area contributed by atoms with E-state index >= 15 is 0 Å². The van der Waals surface area contributed by atoms with Gasteiger partial charge in [0.25, 0.3) is 0 Å². The number of sulfonamides is 1. The number of hydrogen-bond donors (Lipinski definition) is 0. The lowest BCUT2D eigenvalue weighted by Gasteiger charge is -2.37. The number of methoxy groups -OCH3 is 1. The van der Waals surface area contributed by atoms with Crippen LogP contribution >= 0.6 is 0 Å². The SMILES string of the molecule is C=C[C@@H](C[C@@H]1C=CC[C@@H](C(=O)OC)N1S(=O)(=O)c1ccc(C)cc1)OC(C)=O. The molecule has 3 atom stereocenters. The minimum atomic E-state index is -4.01. The zero-order valence-corrected chi connectivity index (χ0v) is 17.0. The molecule has 0 amide bonds. The smallest absolute Gasteiger partial charge is 0.324 e. The maximum absolute atomic E-state index is 13.4. The summed E-state index contributed by atoms with van der Waals surface area (Å²) < 4.78 is 37.9. The quantitative estimate of drug-likeness (QED) is 0.509. The molecule has 0 saturated carbocycles. The average molecular weight is 407 g/mol. The van der Waals surface area contributed by atoms with Crippen molar-refractivity contribution in [1.29, 1.82) is 0 Å². The second-order valence-corrected chi connectivity index (χ2v) is 8.38. The number of carbonyl (C=O) groups excluding carboxylic acids is 2. The van der Waals surface area contributed by atoms with Crippen molar-refractivity contribution in [2.24, 2.45) is 0 Å². The highest BCUT2D eigenvalue weighted by Crippen LogP contribution is 2.30. The fourth-order valence-electron chi connectivity index (χ4n) is 3.12. The molecule has 1 heterocycles. The fraction of sp³-hybridized carbons (Fsp3) is 0.400. The van der Waals surface area contributed by atoms with Crippen LogP contribution in [0, 0.1) is 6.92 Å². The lowest BCUT2D eigenvalue weighted by atomic mass is 10.0. The molecule has 152 valence electrons. The number of rotatable bonds is 7. The van der Waals surface area contributed by atoms with Crippen molar-refractivity contribution in [3.63, 3.8) is 0 Å². The maximum Gasteiger partial charge on any atom is 0.324 e. The van der Waals surface area contributed by atoms with Gasteiger partial charge in [-0.2, -0.15) is 4.31 Å². The molecule has 28 heavy (non-hydrogen) atoms. The van der Waals surface area contributed by atoms with E-state index in [0.29, 0.717) is 0 Å².